The Morgan fingerprint density at radius 3 is 2.56 bits per heavy atom. The molecular weight excluding hydrogens is 440 g/mol. The van der Waals surface area contributed by atoms with Crippen LogP contribution in [0.3, 0.4) is 0 Å². The third-order valence-electron chi connectivity index (χ3n) is 5.27. The van der Waals surface area contributed by atoms with E-state index in [0.717, 1.165) is 5.56 Å². The molecule has 0 amide bonds. The molecule has 0 aliphatic carbocycles. The number of ether oxygens (including phenoxy) is 1. The Kier molecular flexibility index (Phi) is 5.66. The van der Waals surface area contributed by atoms with E-state index in [1.165, 1.54) is 42.3 Å². The van der Waals surface area contributed by atoms with Gasteiger partial charge in [0.1, 0.15) is 5.75 Å². The van der Waals surface area contributed by atoms with Gasteiger partial charge >= 0.3 is 5.69 Å². The van der Waals surface area contributed by atoms with Crippen LogP contribution in [0.25, 0.3) is 28.5 Å². The second-order valence-corrected chi connectivity index (χ2v) is 8.64. The van der Waals surface area contributed by atoms with Crippen molar-refractivity contribution in [2.24, 2.45) is 0 Å². The van der Waals surface area contributed by atoms with Crippen molar-refractivity contribution in [3.8, 4) is 34.2 Å². The van der Waals surface area contributed by atoms with Crippen molar-refractivity contribution in [3.05, 3.63) is 91.4 Å². The zero-order valence-corrected chi connectivity index (χ0v) is 19.0. The van der Waals surface area contributed by atoms with Crippen LogP contribution in [0.2, 0.25) is 0 Å². The van der Waals surface area contributed by atoms with Gasteiger partial charge in [-0.3, -0.25) is 24.5 Å². The first-order valence-corrected chi connectivity index (χ1v) is 10.3. The molecule has 0 saturated heterocycles. The fourth-order valence-corrected chi connectivity index (χ4v) is 3.61. The van der Waals surface area contributed by atoms with Crippen LogP contribution in [0.15, 0.2) is 68.9 Å². The second-order valence-electron chi connectivity index (χ2n) is 8.64. The van der Waals surface area contributed by atoms with Gasteiger partial charge in [-0.15, -0.1) is 0 Å². The lowest BCUT2D eigenvalue weighted by molar-refractivity contribution is -0.384. The Labute approximate surface area is 193 Å². The largest absolute Gasteiger partial charge is 0.496 e. The summed E-state index contributed by atoms with van der Waals surface area (Å²) in [6.07, 6.45) is 2.87. The van der Waals surface area contributed by atoms with Crippen molar-refractivity contribution in [3.63, 3.8) is 0 Å². The van der Waals surface area contributed by atoms with Crippen LogP contribution in [0.4, 0.5) is 5.69 Å². The number of H-pyrrole nitrogens is 1. The van der Waals surface area contributed by atoms with Gasteiger partial charge in [0, 0.05) is 35.5 Å². The number of oxazole rings is 1. The number of aromatic amines is 1. The first-order valence-electron chi connectivity index (χ1n) is 10.3. The third-order valence-corrected chi connectivity index (χ3v) is 5.27. The molecule has 1 N–H and O–H groups in total. The van der Waals surface area contributed by atoms with Gasteiger partial charge in [0.15, 0.2) is 5.76 Å². The molecule has 4 rings (SSSR count). The van der Waals surface area contributed by atoms with Gasteiger partial charge in [-0.2, -0.15) is 0 Å². The Balaban J connectivity index is 1.93. The molecule has 4 aromatic rings. The van der Waals surface area contributed by atoms with E-state index in [-0.39, 0.29) is 17.0 Å². The zero-order chi connectivity index (χ0) is 24.6. The molecule has 0 aliphatic rings. The number of methoxy groups -OCH3 is 1. The molecule has 0 saturated carbocycles. The van der Waals surface area contributed by atoms with E-state index in [0.29, 0.717) is 28.3 Å². The van der Waals surface area contributed by atoms with Crippen LogP contribution in [0.5, 0.6) is 5.75 Å². The first-order chi connectivity index (χ1) is 16.1. The van der Waals surface area contributed by atoms with Gasteiger partial charge in [0.25, 0.3) is 11.2 Å². The van der Waals surface area contributed by atoms with E-state index in [2.05, 4.69) is 9.97 Å². The summed E-state index contributed by atoms with van der Waals surface area (Å²) in [7, 11) is 1.53. The quantitative estimate of drug-likeness (QED) is 0.349. The third kappa shape index (κ3) is 4.25. The van der Waals surface area contributed by atoms with Gasteiger partial charge in [-0.25, -0.2) is 9.78 Å². The molecule has 0 unspecified atom stereocenters. The molecule has 0 aliphatic heterocycles. The number of non-ortho nitro benzene ring substituents is 1. The number of rotatable bonds is 5. The highest BCUT2D eigenvalue weighted by Gasteiger charge is 2.26. The fourth-order valence-electron chi connectivity index (χ4n) is 3.61. The molecule has 0 fully saturated rings. The van der Waals surface area contributed by atoms with Gasteiger partial charge in [-0.05, 0) is 17.5 Å². The molecule has 0 spiro atoms. The number of nitrogens with one attached hydrogen (secondary N) is 1. The highest BCUT2D eigenvalue weighted by Crippen LogP contribution is 2.41. The minimum atomic E-state index is -0.590. The van der Waals surface area contributed by atoms with E-state index in [1.807, 2.05) is 26.8 Å². The lowest BCUT2D eigenvalue weighted by Gasteiger charge is -2.24. The lowest BCUT2D eigenvalue weighted by Crippen LogP contribution is -2.27. The Morgan fingerprint density at radius 2 is 1.91 bits per heavy atom. The Hall–Kier alpha value is -4.47. The standard InChI is InChI=1S/C24H22N4O6/c1-24(2,3)18-12-16(27-9-8-20(29)26-23(27)30)11-17(21(18)33-4)22-25-13-19(34-22)14-6-5-7-15(10-14)28(31)32/h5-13H,1-4H3,(H,26,29,30). The molecule has 0 bridgehead atoms. The predicted molar refractivity (Wildman–Crippen MR) is 125 cm³/mol. The number of nitro benzene ring substituents is 1. The summed E-state index contributed by atoms with van der Waals surface area (Å²) in [5.74, 6) is 1.06. The van der Waals surface area contributed by atoms with E-state index in [4.69, 9.17) is 9.15 Å². The van der Waals surface area contributed by atoms with E-state index in [9.17, 15) is 19.7 Å². The number of hydrogen-bond acceptors (Lipinski definition) is 7. The zero-order valence-electron chi connectivity index (χ0n) is 19.0. The fraction of sp³-hybridized carbons (Fsp3) is 0.208. The molecule has 2 aromatic heterocycles. The Bertz CT molecular complexity index is 1510. The van der Waals surface area contributed by atoms with Crippen molar-refractivity contribution < 1.29 is 14.1 Å². The van der Waals surface area contributed by atoms with Gasteiger partial charge in [0.2, 0.25) is 5.89 Å². The van der Waals surface area contributed by atoms with Gasteiger partial charge < -0.3 is 9.15 Å². The molecular formula is C24H22N4O6. The SMILES string of the molecule is COc1c(-c2ncc(-c3cccc([N+](=O)[O-])c3)o2)cc(-n2ccc(=O)[nH]c2=O)cc1C(C)(C)C. The summed E-state index contributed by atoms with van der Waals surface area (Å²) >= 11 is 0. The number of aromatic nitrogens is 3. The maximum atomic E-state index is 12.5. The number of benzene rings is 2. The topological polar surface area (TPSA) is 133 Å². The number of nitrogens with zero attached hydrogens (tertiary/aromatic N) is 3. The van der Waals surface area contributed by atoms with Crippen molar-refractivity contribution in [2.45, 2.75) is 26.2 Å². The Morgan fingerprint density at radius 1 is 1.15 bits per heavy atom. The summed E-state index contributed by atoms with van der Waals surface area (Å²) in [5, 5.41) is 11.1. The van der Waals surface area contributed by atoms with Crippen molar-refractivity contribution in [1.82, 2.24) is 14.5 Å². The van der Waals surface area contributed by atoms with Gasteiger partial charge in [-0.1, -0.05) is 32.9 Å². The molecule has 10 nitrogen and oxygen atoms in total. The van der Waals surface area contributed by atoms with Crippen LogP contribution in [0, 0.1) is 10.1 Å². The molecule has 0 radical (unpaired) electrons. The molecule has 0 atom stereocenters. The monoisotopic (exact) mass is 462 g/mol. The summed E-state index contributed by atoms with van der Waals surface area (Å²) in [4.78, 5) is 41.3. The van der Waals surface area contributed by atoms with E-state index in [1.54, 1.807) is 18.2 Å². The highest BCUT2D eigenvalue weighted by molar-refractivity contribution is 5.72. The van der Waals surface area contributed by atoms with Crippen molar-refractivity contribution >= 4 is 5.69 Å². The van der Waals surface area contributed by atoms with E-state index < -0.39 is 16.2 Å². The summed E-state index contributed by atoms with van der Waals surface area (Å²) in [5.41, 5.74) is 0.719. The average Bonchev–Trinajstić information content (AvgIpc) is 3.28. The van der Waals surface area contributed by atoms with Crippen LogP contribution >= 0.6 is 0 Å². The minimum absolute atomic E-state index is 0.0671. The molecule has 2 heterocycles. The second kappa shape index (κ2) is 8.47. The number of hydrogen-bond donors (Lipinski definition) is 1. The average molecular weight is 462 g/mol. The lowest BCUT2D eigenvalue weighted by atomic mass is 9.84. The van der Waals surface area contributed by atoms with Gasteiger partial charge in [0.05, 0.1) is 29.5 Å². The molecule has 2 aromatic carbocycles. The number of nitro groups is 1. The molecule has 10 heteroatoms. The summed E-state index contributed by atoms with van der Waals surface area (Å²) < 4.78 is 13.0. The van der Waals surface area contributed by atoms with Crippen molar-refractivity contribution in [1.29, 1.82) is 0 Å². The van der Waals surface area contributed by atoms with Crippen LogP contribution in [-0.2, 0) is 5.41 Å². The van der Waals surface area contributed by atoms with Crippen LogP contribution < -0.4 is 16.0 Å². The smallest absolute Gasteiger partial charge is 0.332 e. The first kappa shape index (κ1) is 22.7. The summed E-state index contributed by atoms with van der Waals surface area (Å²) in [6, 6.07) is 10.8. The van der Waals surface area contributed by atoms with Crippen LogP contribution in [-0.4, -0.2) is 26.6 Å². The van der Waals surface area contributed by atoms with E-state index >= 15 is 0 Å². The maximum absolute atomic E-state index is 12.5. The highest BCUT2D eigenvalue weighted by atomic mass is 16.6. The van der Waals surface area contributed by atoms with Crippen LogP contribution in [0.1, 0.15) is 26.3 Å². The predicted octanol–water partition coefficient (Wildman–Crippen LogP) is 4.06. The van der Waals surface area contributed by atoms with Crippen molar-refractivity contribution in [2.75, 3.05) is 7.11 Å². The minimum Gasteiger partial charge on any atom is -0.496 e. The summed E-state index contributed by atoms with van der Waals surface area (Å²) in [6.45, 7) is 5.99. The normalized spacial score (nSPS) is 11.4. The molecule has 174 valence electrons. The maximum Gasteiger partial charge on any atom is 0.332 e. The molecule has 34 heavy (non-hydrogen) atoms.